The third-order valence-corrected chi connectivity index (χ3v) is 4.52. The van der Waals surface area contributed by atoms with Crippen LogP contribution in [-0.4, -0.2) is 20.6 Å². The Kier molecular flexibility index (Phi) is 4.12. The Morgan fingerprint density at radius 2 is 1.74 bits per heavy atom. The molecule has 0 bridgehead atoms. The highest BCUT2D eigenvalue weighted by Crippen LogP contribution is 2.28. The number of imidazole rings is 1. The summed E-state index contributed by atoms with van der Waals surface area (Å²) < 4.78 is 2.04. The van der Waals surface area contributed by atoms with Crippen LogP contribution in [-0.2, 0) is 4.79 Å². The molecule has 5 heteroatoms. The summed E-state index contributed by atoms with van der Waals surface area (Å²) in [7, 11) is 0. The Morgan fingerprint density at radius 3 is 2.44 bits per heavy atom. The number of nitrogens with one attached hydrogen (secondary N) is 1. The number of carbonyl (C=O) groups excluding carboxylic acids is 1. The Hall–Kier alpha value is -3.60. The van der Waals surface area contributed by atoms with Crippen LogP contribution in [0.5, 0.6) is 5.75 Å². The maximum Gasteiger partial charge on any atom is 0.221 e. The number of aryl methyl sites for hydroxylation is 1. The number of hydrogen-bond donors (Lipinski definition) is 2. The first-order valence-corrected chi connectivity index (χ1v) is 8.66. The van der Waals surface area contributed by atoms with Gasteiger partial charge in [0.05, 0.1) is 16.7 Å². The lowest BCUT2D eigenvalue weighted by Crippen LogP contribution is -2.06. The van der Waals surface area contributed by atoms with Crippen molar-refractivity contribution in [1.29, 1.82) is 0 Å². The highest BCUT2D eigenvalue weighted by molar-refractivity contribution is 5.89. The van der Waals surface area contributed by atoms with Crippen molar-refractivity contribution in [1.82, 2.24) is 9.55 Å². The van der Waals surface area contributed by atoms with Crippen molar-refractivity contribution in [3.8, 4) is 22.6 Å². The number of carbonyl (C=O) groups is 1. The third kappa shape index (κ3) is 3.27. The first kappa shape index (κ1) is 16.8. The minimum atomic E-state index is -0.0861. The summed E-state index contributed by atoms with van der Waals surface area (Å²) in [6.45, 7) is 3.51. The van der Waals surface area contributed by atoms with Gasteiger partial charge in [0.25, 0.3) is 0 Å². The summed E-state index contributed by atoms with van der Waals surface area (Å²) in [5, 5.41) is 12.3. The van der Waals surface area contributed by atoms with Gasteiger partial charge in [-0.2, -0.15) is 0 Å². The molecule has 0 unspecified atom stereocenters. The summed E-state index contributed by atoms with van der Waals surface area (Å²) >= 11 is 0. The molecule has 0 radical (unpaired) electrons. The Bertz CT molecular complexity index is 1140. The second-order valence-electron chi connectivity index (χ2n) is 6.55. The fourth-order valence-electron chi connectivity index (χ4n) is 3.24. The number of fused-ring (bicyclic) bond motifs is 1. The van der Waals surface area contributed by atoms with Crippen LogP contribution in [0.4, 0.5) is 5.69 Å². The molecule has 4 aromatic rings. The van der Waals surface area contributed by atoms with Gasteiger partial charge < -0.3 is 10.4 Å². The molecule has 1 aromatic heterocycles. The molecule has 0 aliphatic heterocycles. The zero-order valence-corrected chi connectivity index (χ0v) is 15.1. The summed E-state index contributed by atoms with van der Waals surface area (Å²) in [4.78, 5) is 15.8. The van der Waals surface area contributed by atoms with E-state index in [0.29, 0.717) is 0 Å². The molecule has 0 saturated heterocycles. The SMILES string of the molecule is CC(=O)Nc1ccc(-n2cnc3cc(-c4ccc(O)cc4)ccc32)c(C)c1. The van der Waals surface area contributed by atoms with E-state index in [9.17, 15) is 9.90 Å². The quantitative estimate of drug-likeness (QED) is 0.560. The Morgan fingerprint density at radius 1 is 1.00 bits per heavy atom. The van der Waals surface area contributed by atoms with Crippen LogP contribution in [0.3, 0.4) is 0 Å². The normalized spacial score (nSPS) is 10.9. The summed E-state index contributed by atoms with van der Waals surface area (Å²) in [5.74, 6) is 0.166. The summed E-state index contributed by atoms with van der Waals surface area (Å²) in [6.07, 6.45) is 1.81. The smallest absolute Gasteiger partial charge is 0.221 e. The molecular weight excluding hydrogens is 338 g/mol. The van der Waals surface area contributed by atoms with Crippen LogP contribution in [0.2, 0.25) is 0 Å². The Labute approximate surface area is 156 Å². The molecule has 5 nitrogen and oxygen atoms in total. The minimum absolute atomic E-state index is 0.0861. The van der Waals surface area contributed by atoms with Gasteiger partial charge in [0.2, 0.25) is 5.91 Å². The number of hydrogen-bond acceptors (Lipinski definition) is 3. The van der Waals surface area contributed by atoms with E-state index in [1.54, 1.807) is 12.1 Å². The molecular formula is C22H19N3O2. The molecule has 134 valence electrons. The van der Waals surface area contributed by atoms with E-state index in [2.05, 4.69) is 10.3 Å². The van der Waals surface area contributed by atoms with Crippen molar-refractivity contribution in [3.63, 3.8) is 0 Å². The van der Waals surface area contributed by atoms with E-state index < -0.39 is 0 Å². The fourth-order valence-corrected chi connectivity index (χ4v) is 3.24. The fraction of sp³-hybridized carbons (Fsp3) is 0.0909. The molecule has 0 fully saturated rings. The first-order chi connectivity index (χ1) is 13.0. The molecule has 1 heterocycles. The first-order valence-electron chi connectivity index (χ1n) is 8.66. The van der Waals surface area contributed by atoms with Crippen LogP contribution in [0.1, 0.15) is 12.5 Å². The van der Waals surface area contributed by atoms with Crippen molar-refractivity contribution in [2.45, 2.75) is 13.8 Å². The number of phenolic OH excluding ortho intramolecular Hbond substituents is 1. The predicted molar refractivity (Wildman–Crippen MR) is 107 cm³/mol. The highest BCUT2D eigenvalue weighted by atomic mass is 16.3. The van der Waals surface area contributed by atoms with Crippen molar-refractivity contribution in [2.24, 2.45) is 0 Å². The van der Waals surface area contributed by atoms with E-state index in [1.165, 1.54) is 6.92 Å². The minimum Gasteiger partial charge on any atom is -0.508 e. The third-order valence-electron chi connectivity index (χ3n) is 4.52. The van der Waals surface area contributed by atoms with Crippen molar-refractivity contribution >= 4 is 22.6 Å². The van der Waals surface area contributed by atoms with Gasteiger partial charge in [-0.05, 0) is 66.1 Å². The maximum atomic E-state index is 11.2. The molecule has 2 N–H and O–H groups in total. The van der Waals surface area contributed by atoms with Crippen LogP contribution in [0, 0.1) is 6.92 Å². The number of nitrogens with zero attached hydrogens (tertiary/aromatic N) is 2. The number of rotatable bonds is 3. The van der Waals surface area contributed by atoms with E-state index in [4.69, 9.17) is 0 Å². The van der Waals surface area contributed by atoms with Gasteiger partial charge in [0.1, 0.15) is 12.1 Å². The van der Waals surface area contributed by atoms with E-state index in [0.717, 1.165) is 39.1 Å². The zero-order chi connectivity index (χ0) is 19.0. The van der Waals surface area contributed by atoms with Gasteiger partial charge in [0.15, 0.2) is 0 Å². The van der Waals surface area contributed by atoms with Gasteiger partial charge >= 0.3 is 0 Å². The maximum absolute atomic E-state index is 11.2. The molecule has 4 rings (SSSR count). The van der Waals surface area contributed by atoms with Crippen molar-refractivity contribution in [2.75, 3.05) is 5.32 Å². The van der Waals surface area contributed by atoms with Gasteiger partial charge in [-0.15, -0.1) is 0 Å². The predicted octanol–water partition coefficient (Wildman–Crippen LogP) is 4.66. The van der Waals surface area contributed by atoms with Gasteiger partial charge in [-0.1, -0.05) is 18.2 Å². The lowest BCUT2D eigenvalue weighted by molar-refractivity contribution is -0.114. The highest BCUT2D eigenvalue weighted by Gasteiger charge is 2.09. The number of amides is 1. The van der Waals surface area contributed by atoms with Crippen molar-refractivity contribution in [3.05, 3.63) is 72.6 Å². The lowest BCUT2D eigenvalue weighted by Gasteiger charge is -2.11. The number of phenols is 1. The molecule has 27 heavy (non-hydrogen) atoms. The molecule has 0 aliphatic rings. The van der Waals surface area contributed by atoms with Gasteiger partial charge in [0, 0.05) is 12.6 Å². The van der Waals surface area contributed by atoms with E-state index >= 15 is 0 Å². The number of benzene rings is 3. The average Bonchev–Trinajstić information content (AvgIpc) is 3.05. The molecule has 0 aliphatic carbocycles. The van der Waals surface area contributed by atoms with Crippen LogP contribution in [0.25, 0.3) is 27.8 Å². The number of anilines is 1. The van der Waals surface area contributed by atoms with Crippen LogP contribution in [0.15, 0.2) is 67.0 Å². The summed E-state index contributed by atoms with van der Waals surface area (Å²) in [6, 6.07) is 19.1. The average molecular weight is 357 g/mol. The molecule has 0 saturated carbocycles. The molecule has 0 spiro atoms. The van der Waals surface area contributed by atoms with Gasteiger partial charge in [-0.25, -0.2) is 4.98 Å². The second-order valence-corrected chi connectivity index (χ2v) is 6.55. The lowest BCUT2D eigenvalue weighted by atomic mass is 10.0. The van der Waals surface area contributed by atoms with E-state index in [-0.39, 0.29) is 11.7 Å². The molecule has 3 aromatic carbocycles. The summed E-state index contributed by atoms with van der Waals surface area (Å²) in [5.41, 5.74) is 6.82. The van der Waals surface area contributed by atoms with Crippen LogP contribution < -0.4 is 5.32 Å². The standard InChI is InChI=1S/C22H19N3O2/c1-14-11-18(24-15(2)26)6-10-21(14)25-13-23-20-12-17(5-9-22(20)25)16-3-7-19(27)8-4-16/h3-13,27H,1-2H3,(H,24,26). The second kappa shape index (κ2) is 6.61. The largest absolute Gasteiger partial charge is 0.508 e. The van der Waals surface area contributed by atoms with Gasteiger partial charge in [-0.3, -0.25) is 9.36 Å². The Balaban J connectivity index is 1.73. The van der Waals surface area contributed by atoms with E-state index in [1.807, 2.05) is 66.3 Å². The number of aromatic nitrogens is 2. The molecule has 0 atom stereocenters. The monoisotopic (exact) mass is 357 g/mol. The number of aromatic hydroxyl groups is 1. The van der Waals surface area contributed by atoms with Crippen LogP contribution >= 0.6 is 0 Å². The zero-order valence-electron chi connectivity index (χ0n) is 15.1. The topological polar surface area (TPSA) is 67.2 Å². The molecule has 1 amide bonds. The van der Waals surface area contributed by atoms with Crippen molar-refractivity contribution < 1.29 is 9.90 Å².